The van der Waals surface area contributed by atoms with Crippen LogP contribution in [0.5, 0.6) is 0 Å². The van der Waals surface area contributed by atoms with Crippen LogP contribution in [0.4, 0.5) is 13.2 Å². The third-order valence-corrected chi connectivity index (χ3v) is 4.67. The van der Waals surface area contributed by atoms with E-state index in [9.17, 15) is 13.2 Å². The summed E-state index contributed by atoms with van der Waals surface area (Å²) in [4.78, 5) is 1.64. The van der Waals surface area contributed by atoms with E-state index in [-0.39, 0.29) is 12.8 Å². The first-order valence-electron chi connectivity index (χ1n) is 7.00. The number of piperazine rings is 1. The van der Waals surface area contributed by atoms with E-state index in [1.54, 1.807) is 4.90 Å². The first-order chi connectivity index (χ1) is 9.37. The summed E-state index contributed by atoms with van der Waals surface area (Å²) in [6, 6.07) is 9.73. The minimum atomic E-state index is -4.12. The molecule has 0 amide bonds. The lowest BCUT2D eigenvalue weighted by Crippen LogP contribution is -2.62. The fraction of sp³-hybridized carbons (Fsp3) is 0.600. The second kappa shape index (κ2) is 4.46. The molecule has 1 saturated heterocycles. The van der Waals surface area contributed by atoms with Crippen molar-refractivity contribution in [1.29, 1.82) is 0 Å². The molecule has 20 heavy (non-hydrogen) atoms. The minimum Gasteiger partial charge on any atom is -0.305 e. The van der Waals surface area contributed by atoms with Crippen molar-refractivity contribution in [2.24, 2.45) is 0 Å². The topological polar surface area (TPSA) is 15.3 Å². The van der Waals surface area contributed by atoms with Crippen molar-refractivity contribution in [1.82, 2.24) is 10.2 Å². The van der Waals surface area contributed by atoms with Gasteiger partial charge >= 0.3 is 6.18 Å². The Hall–Kier alpha value is -1.07. The molecular weight excluding hydrogens is 265 g/mol. The molecule has 1 aliphatic heterocycles. The molecule has 2 aliphatic rings. The molecule has 0 bridgehead atoms. The summed E-state index contributed by atoms with van der Waals surface area (Å²) in [5.41, 5.74) is -0.937. The van der Waals surface area contributed by atoms with Gasteiger partial charge in [0.15, 0.2) is 0 Å². The number of nitrogens with one attached hydrogen (secondary N) is 1. The summed E-state index contributed by atoms with van der Waals surface area (Å²) in [6.07, 6.45) is -3.65. The smallest absolute Gasteiger partial charge is 0.305 e. The highest BCUT2D eigenvalue weighted by Gasteiger charge is 2.67. The number of alkyl halides is 3. The Morgan fingerprint density at radius 3 is 2.35 bits per heavy atom. The van der Waals surface area contributed by atoms with Crippen molar-refractivity contribution >= 4 is 0 Å². The number of rotatable bonds is 2. The molecule has 1 aromatic rings. The Kier molecular flexibility index (Phi) is 3.10. The molecule has 1 aromatic carbocycles. The quantitative estimate of drug-likeness (QED) is 0.898. The summed E-state index contributed by atoms with van der Waals surface area (Å²) in [6.45, 7) is 3.43. The van der Waals surface area contributed by atoms with Gasteiger partial charge in [-0.25, -0.2) is 0 Å². The van der Waals surface area contributed by atoms with Gasteiger partial charge in [-0.15, -0.1) is 0 Å². The standard InChI is InChI=1S/C15H19F3N2/c1-13(12-5-3-2-4-6-12)11-20(10-9-19-13)14(7-8-14)15(16,17)18/h2-6,19H,7-11H2,1H3. The molecule has 2 fully saturated rings. The molecule has 1 unspecified atom stereocenters. The van der Waals surface area contributed by atoms with Gasteiger partial charge in [0.05, 0.1) is 5.54 Å². The van der Waals surface area contributed by atoms with Gasteiger partial charge in [-0.05, 0) is 25.3 Å². The van der Waals surface area contributed by atoms with Crippen LogP contribution >= 0.6 is 0 Å². The number of hydrogen-bond donors (Lipinski definition) is 1. The summed E-state index contributed by atoms with van der Waals surface area (Å²) < 4.78 is 39.8. The lowest BCUT2D eigenvalue weighted by atomic mass is 9.88. The van der Waals surface area contributed by atoms with E-state index in [0.29, 0.717) is 19.6 Å². The molecule has 1 N–H and O–H groups in total. The first-order valence-corrected chi connectivity index (χ1v) is 7.00. The highest BCUT2D eigenvalue weighted by atomic mass is 19.4. The molecule has 1 atom stereocenters. The highest BCUT2D eigenvalue weighted by molar-refractivity contribution is 5.26. The summed E-state index contributed by atoms with van der Waals surface area (Å²) in [5.74, 6) is 0. The molecule has 1 aliphatic carbocycles. The van der Waals surface area contributed by atoms with E-state index < -0.39 is 17.3 Å². The Labute approximate surface area is 117 Å². The van der Waals surface area contributed by atoms with Crippen molar-refractivity contribution in [2.45, 2.75) is 37.0 Å². The van der Waals surface area contributed by atoms with E-state index in [0.717, 1.165) is 5.56 Å². The lowest BCUT2D eigenvalue weighted by Gasteiger charge is -2.45. The van der Waals surface area contributed by atoms with Crippen molar-refractivity contribution < 1.29 is 13.2 Å². The molecule has 2 nitrogen and oxygen atoms in total. The summed E-state index contributed by atoms with van der Waals surface area (Å²) in [7, 11) is 0. The lowest BCUT2D eigenvalue weighted by molar-refractivity contribution is -0.201. The Balaban J connectivity index is 1.84. The van der Waals surface area contributed by atoms with E-state index in [4.69, 9.17) is 0 Å². The third-order valence-electron chi connectivity index (χ3n) is 4.67. The summed E-state index contributed by atoms with van der Waals surface area (Å²) >= 11 is 0. The zero-order chi connectivity index (χ0) is 14.4. The molecular formula is C15H19F3N2. The largest absolute Gasteiger partial charge is 0.406 e. The van der Waals surface area contributed by atoms with Crippen LogP contribution in [0.2, 0.25) is 0 Å². The molecule has 110 valence electrons. The van der Waals surface area contributed by atoms with Gasteiger partial charge < -0.3 is 5.32 Å². The van der Waals surface area contributed by atoms with E-state index in [2.05, 4.69) is 5.32 Å². The van der Waals surface area contributed by atoms with Gasteiger partial charge in [0.2, 0.25) is 0 Å². The SMILES string of the molecule is CC1(c2ccccc2)CN(C2(C(F)(F)F)CC2)CCN1. The molecule has 1 heterocycles. The minimum absolute atomic E-state index is 0.237. The van der Waals surface area contributed by atoms with Crippen LogP contribution in [0.25, 0.3) is 0 Å². The van der Waals surface area contributed by atoms with Crippen LogP contribution in [0.15, 0.2) is 30.3 Å². The molecule has 0 radical (unpaired) electrons. The molecule has 0 aromatic heterocycles. The van der Waals surface area contributed by atoms with Crippen LogP contribution in [0.3, 0.4) is 0 Å². The average molecular weight is 284 g/mol. The van der Waals surface area contributed by atoms with Gasteiger partial charge in [-0.2, -0.15) is 13.2 Å². The van der Waals surface area contributed by atoms with Gasteiger partial charge in [-0.3, -0.25) is 4.90 Å². The zero-order valence-corrected chi connectivity index (χ0v) is 11.5. The maximum absolute atomic E-state index is 13.3. The predicted molar refractivity (Wildman–Crippen MR) is 71.4 cm³/mol. The first kappa shape index (κ1) is 13.9. The fourth-order valence-corrected chi connectivity index (χ4v) is 3.25. The normalized spacial score (nSPS) is 30.2. The molecule has 0 spiro atoms. The van der Waals surface area contributed by atoms with Gasteiger partial charge in [-0.1, -0.05) is 30.3 Å². The van der Waals surface area contributed by atoms with Gasteiger partial charge in [0.1, 0.15) is 5.54 Å². The second-order valence-electron chi connectivity index (χ2n) is 6.08. The van der Waals surface area contributed by atoms with Crippen LogP contribution < -0.4 is 5.32 Å². The highest BCUT2D eigenvalue weighted by Crippen LogP contribution is 2.54. The van der Waals surface area contributed by atoms with Crippen LogP contribution in [0.1, 0.15) is 25.3 Å². The molecule has 1 saturated carbocycles. The number of hydrogen-bond acceptors (Lipinski definition) is 2. The monoisotopic (exact) mass is 284 g/mol. The second-order valence-corrected chi connectivity index (χ2v) is 6.08. The molecule has 3 rings (SSSR count). The Morgan fingerprint density at radius 2 is 1.80 bits per heavy atom. The Morgan fingerprint density at radius 1 is 1.15 bits per heavy atom. The van der Waals surface area contributed by atoms with Crippen LogP contribution in [-0.4, -0.2) is 36.2 Å². The number of nitrogens with zero attached hydrogens (tertiary/aromatic N) is 1. The van der Waals surface area contributed by atoms with Crippen molar-refractivity contribution in [2.75, 3.05) is 19.6 Å². The maximum atomic E-state index is 13.3. The number of benzene rings is 1. The Bertz CT molecular complexity index is 482. The third kappa shape index (κ3) is 2.13. The predicted octanol–water partition coefficient (Wildman–Crippen LogP) is 2.90. The van der Waals surface area contributed by atoms with Crippen LogP contribution in [-0.2, 0) is 5.54 Å². The fourth-order valence-electron chi connectivity index (χ4n) is 3.25. The summed E-state index contributed by atoms with van der Waals surface area (Å²) in [5, 5.41) is 3.38. The van der Waals surface area contributed by atoms with E-state index >= 15 is 0 Å². The average Bonchev–Trinajstić information content (AvgIpc) is 3.21. The zero-order valence-electron chi connectivity index (χ0n) is 11.5. The van der Waals surface area contributed by atoms with Gasteiger partial charge in [0.25, 0.3) is 0 Å². The van der Waals surface area contributed by atoms with Gasteiger partial charge in [0, 0.05) is 19.6 Å². The van der Waals surface area contributed by atoms with Crippen molar-refractivity contribution in [3.8, 4) is 0 Å². The maximum Gasteiger partial charge on any atom is 0.406 e. The molecule has 5 heteroatoms. The van der Waals surface area contributed by atoms with Crippen molar-refractivity contribution in [3.05, 3.63) is 35.9 Å². The van der Waals surface area contributed by atoms with E-state index in [1.165, 1.54) is 0 Å². The van der Waals surface area contributed by atoms with Crippen LogP contribution in [0, 0.1) is 0 Å². The van der Waals surface area contributed by atoms with E-state index in [1.807, 2.05) is 37.3 Å². The van der Waals surface area contributed by atoms with Crippen molar-refractivity contribution in [3.63, 3.8) is 0 Å². The number of halogens is 3.